The van der Waals surface area contributed by atoms with Gasteiger partial charge in [-0.25, -0.2) is 18.0 Å². The third kappa shape index (κ3) is 6.90. The molecule has 3 rings (SSSR count). The number of hydrogen-bond acceptors (Lipinski definition) is 7. The van der Waals surface area contributed by atoms with Crippen LogP contribution in [0.4, 0.5) is 4.79 Å². The van der Waals surface area contributed by atoms with Crippen molar-refractivity contribution in [3.8, 4) is 0 Å². The van der Waals surface area contributed by atoms with Crippen LogP contribution in [0, 0.1) is 11.3 Å². The summed E-state index contributed by atoms with van der Waals surface area (Å²) in [5.74, 6) is -2.16. The normalized spacial score (nSPS) is 23.8. The number of likely N-dealkylation sites (N-methyl/N-ethyl adjacent to an activating group) is 1. The lowest BCUT2D eigenvalue weighted by Crippen LogP contribution is -2.56. The largest absolute Gasteiger partial charge is 0.479 e. The van der Waals surface area contributed by atoms with E-state index in [4.69, 9.17) is 0 Å². The predicted molar refractivity (Wildman–Crippen MR) is 146 cm³/mol. The van der Waals surface area contributed by atoms with Crippen LogP contribution in [0.5, 0.6) is 0 Å². The van der Waals surface area contributed by atoms with Gasteiger partial charge in [-0.05, 0) is 42.0 Å². The number of aliphatic carboxylic acids is 1. The van der Waals surface area contributed by atoms with E-state index in [0.29, 0.717) is 32.2 Å². The smallest absolute Gasteiger partial charge is 0.329 e. The molecule has 14 heteroatoms. The van der Waals surface area contributed by atoms with Gasteiger partial charge in [0.1, 0.15) is 15.8 Å². The summed E-state index contributed by atoms with van der Waals surface area (Å²) in [6, 6.07) is 1.17. The van der Waals surface area contributed by atoms with E-state index in [-0.39, 0.29) is 23.2 Å². The van der Waals surface area contributed by atoms with Gasteiger partial charge in [-0.1, -0.05) is 40.2 Å². The second-order valence-electron chi connectivity index (χ2n) is 11.3. The summed E-state index contributed by atoms with van der Waals surface area (Å²) >= 11 is 1.11. The minimum atomic E-state index is -3.71. The average Bonchev–Trinajstić information content (AvgIpc) is 3.24. The van der Waals surface area contributed by atoms with Crippen molar-refractivity contribution in [3.63, 3.8) is 0 Å². The second-order valence-corrected chi connectivity index (χ2v) is 14.5. The predicted octanol–water partition coefficient (Wildman–Crippen LogP) is 1.44. The molecule has 2 fully saturated rings. The molecule has 1 saturated carbocycles. The molecule has 4 atom stereocenters. The average molecular weight is 586 g/mol. The first-order valence-corrected chi connectivity index (χ1v) is 15.3. The summed E-state index contributed by atoms with van der Waals surface area (Å²) in [5.41, 5.74) is -1.77. The molecule has 0 bridgehead atoms. The molecular formula is C25H39N5O7S2. The summed E-state index contributed by atoms with van der Waals surface area (Å²) in [7, 11) is -2.26. The van der Waals surface area contributed by atoms with Crippen LogP contribution in [0.2, 0.25) is 0 Å². The number of nitrogens with zero attached hydrogens (tertiary/aromatic N) is 2. The minimum absolute atomic E-state index is 0.0174. The second kappa shape index (κ2) is 11.8. The summed E-state index contributed by atoms with van der Waals surface area (Å²) in [6.07, 6.45) is 1.99. The quantitative estimate of drug-likeness (QED) is 0.305. The van der Waals surface area contributed by atoms with Crippen molar-refractivity contribution < 1.29 is 32.7 Å². The molecule has 218 valence electrons. The van der Waals surface area contributed by atoms with Crippen molar-refractivity contribution in [1.82, 2.24) is 25.2 Å². The van der Waals surface area contributed by atoms with Gasteiger partial charge in [-0.2, -0.15) is 4.31 Å². The highest BCUT2D eigenvalue weighted by molar-refractivity contribution is 7.91. The van der Waals surface area contributed by atoms with Gasteiger partial charge in [-0.3, -0.25) is 9.59 Å². The number of carboxylic acid groups (broad SMARTS) is 1. The van der Waals surface area contributed by atoms with Gasteiger partial charge in [0.15, 0.2) is 0 Å². The van der Waals surface area contributed by atoms with Crippen LogP contribution in [0.25, 0.3) is 0 Å². The summed E-state index contributed by atoms with van der Waals surface area (Å²) in [6.45, 7) is 7.46. The fourth-order valence-electron chi connectivity index (χ4n) is 4.85. The molecule has 4 N–H and O–H groups in total. The van der Waals surface area contributed by atoms with Crippen LogP contribution in [-0.4, -0.2) is 90.8 Å². The molecule has 1 aliphatic carbocycles. The third-order valence-corrected chi connectivity index (χ3v) is 10.7. The zero-order valence-electron chi connectivity index (χ0n) is 23.0. The maximum absolute atomic E-state index is 12.9. The zero-order chi connectivity index (χ0) is 29.2. The standard InChI is InChI=1S/C25H39N5O7S2/c1-6-16-13-25(16,22(33)34)28-21(32)17-9-7-11-30(17)19(31)14-26-23(35)27-18(24(2,3)4)15-29(5)39(36,37)20-10-8-12-38-20/h8,10,12,16-18H,6-7,9,11,13-15H2,1-5H3,(H,28,32)(H,33,34)(H2,26,27,35)/t16?,17-,18?,25+/m0/s1. The molecule has 1 aromatic heterocycles. The van der Waals surface area contributed by atoms with Crippen LogP contribution in [-0.2, 0) is 24.4 Å². The molecular weight excluding hydrogens is 546 g/mol. The number of urea groups is 1. The van der Waals surface area contributed by atoms with Gasteiger partial charge in [0, 0.05) is 26.2 Å². The first-order chi connectivity index (χ1) is 18.1. The molecule has 1 aromatic rings. The van der Waals surface area contributed by atoms with E-state index in [1.807, 2.05) is 27.7 Å². The molecule has 2 unspecified atom stereocenters. The number of likely N-dealkylation sites (tertiary alicyclic amines) is 1. The van der Waals surface area contributed by atoms with Crippen molar-refractivity contribution in [2.24, 2.45) is 11.3 Å². The topological polar surface area (TPSA) is 165 Å². The number of sulfonamides is 1. The van der Waals surface area contributed by atoms with E-state index in [0.717, 1.165) is 11.3 Å². The number of nitrogens with one attached hydrogen (secondary N) is 3. The molecule has 0 radical (unpaired) electrons. The molecule has 0 spiro atoms. The van der Waals surface area contributed by atoms with Gasteiger partial charge in [0.2, 0.25) is 11.8 Å². The Bertz CT molecular complexity index is 1180. The van der Waals surface area contributed by atoms with E-state index in [1.54, 1.807) is 11.4 Å². The highest BCUT2D eigenvalue weighted by Crippen LogP contribution is 2.46. The van der Waals surface area contributed by atoms with E-state index in [9.17, 15) is 32.7 Å². The molecule has 39 heavy (non-hydrogen) atoms. The van der Waals surface area contributed by atoms with Gasteiger partial charge in [0.05, 0.1) is 6.54 Å². The molecule has 12 nitrogen and oxygen atoms in total. The SMILES string of the molecule is CCC1C[C@]1(NC(=O)[C@@H]1CCCN1C(=O)CNC(=O)NC(CN(C)S(=O)(=O)c1cccs1)C(C)(C)C)C(=O)O. The van der Waals surface area contributed by atoms with Crippen LogP contribution in [0.15, 0.2) is 21.7 Å². The van der Waals surface area contributed by atoms with Crippen molar-refractivity contribution >= 4 is 45.2 Å². The lowest BCUT2D eigenvalue weighted by atomic mass is 9.87. The Labute approximate surface area is 233 Å². The zero-order valence-corrected chi connectivity index (χ0v) is 24.7. The van der Waals surface area contributed by atoms with Crippen LogP contribution in [0.3, 0.4) is 0 Å². The van der Waals surface area contributed by atoms with Crippen molar-refractivity contribution in [2.75, 3.05) is 26.7 Å². The number of rotatable bonds is 11. The van der Waals surface area contributed by atoms with Crippen LogP contribution >= 0.6 is 11.3 Å². The van der Waals surface area contributed by atoms with Crippen molar-refractivity contribution in [3.05, 3.63) is 17.5 Å². The molecule has 1 saturated heterocycles. The number of carboxylic acids is 1. The summed E-state index contributed by atoms with van der Waals surface area (Å²) < 4.78 is 27.1. The molecule has 2 aliphatic rings. The third-order valence-electron chi connectivity index (χ3n) is 7.55. The highest BCUT2D eigenvalue weighted by Gasteiger charge is 2.61. The Kier molecular flexibility index (Phi) is 9.33. The Hall–Kier alpha value is -2.71. The fraction of sp³-hybridized carbons (Fsp3) is 0.680. The lowest BCUT2D eigenvalue weighted by Gasteiger charge is -2.34. The molecule has 4 amide bonds. The maximum Gasteiger partial charge on any atom is 0.329 e. The Morgan fingerprint density at radius 3 is 2.51 bits per heavy atom. The van der Waals surface area contributed by atoms with Gasteiger partial charge < -0.3 is 26.0 Å². The minimum Gasteiger partial charge on any atom is -0.479 e. The number of thiophene rings is 1. The lowest BCUT2D eigenvalue weighted by molar-refractivity contribution is -0.145. The maximum atomic E-state index is 12.9. The Morgan fingerprint density at radius 1 is 1.28 bits per heavy atom. The van der Waals surface area contributed by atoms with Gasteiger partial charge >= 0.3 is 12.0 Å². The van der Waals surface area contributed by atoms with E-state index in [2.05, 4.69) is 16.0 Å². The van der Waals surface area contributed by atoms with E-state index in [1.165, 1.54) is 22.3 Å². The van der Waals surface area contributed by atoms with Crippen molar-refractivity contribution in [2.45, 2.75) is 75.2 Å². The molecule has 1 aliphatic heterocycles. The van der Waals surface area contributed by atoms with Gasteiger partial charge in [0.25, 0.3) is 10.0 Å². The van der Waals surface area contributed by atoms with E-state index < -0.39 is 56.9 Å². The highest BCUT2D eigenvalue weighted by atomic mass is 32.2. The first-order valence-electron chi connectivity index (χ1n) is 13.0. The van der Waals surface area contributed by atoms with Crippen molar-refractivity contribution in [1.29, 1.82) is 0 Å². The first kappa shape index (κ1) is 30.8. The fourth-order valence-corrected chi connectivity index (χ4v) is 7.24. The summed E-state index contributed by atoms with van der Waals surface area (Å²) in [4.78, 5) is 51.7. The Morgan fingerprint density at radius 2 is 1.97 bits per heavy atom. The number of amides is 4. The van der Waals surface area contributed by atoms with Crippen LogP contribution in [0.1, 0.15) is 53.4 Å². The number of carbonyl (C=O) groups excluding carboxylic acids is 3. The molecule has 0 aromatic carbocycles. The number of hydrogen-bond donors (Lipinski definition) is 4. The summed E-state index contributed by atoms with van der Waals surface area (Å²) in [5, 5.41) is 19.2. The monoisotopic (exact) mass is 585 g/mol. The van der Waals surface area contributed by atoms with Gasteiger partial charge in [-0.15, -0.1) is 11.3 Å². The molecule has 2 heterocycles. The number of carbonyl (C=O) groups is 4. The van der Waals surface area contributed by atoms with Crippen LogP contribution < -0.4 is 16.0 Å². The van der Waals surface area contributed by atoms with E-state index >= 15 is 0 Å². The Balaban J connectivity index is 1.56.